The van der Waals surface area contributed by atoms with E-state index in [2.05, 4.69) is 9.97 Å². The molecule has 1 heterocycles. The topological polar surface area (TPSA) is 42.9 Å². The molecule has 0 radical (unpaired) electrons. The molecule has 0 aliphatic carbocycles. The zero-order valence-corrected chi connectivity index (χ0v) is 11.1. The Kier molecular flexibility index (Phi) is 3.76. The summed E-state index contributed by atoms with van der Waals surface area (Å²) >= 11 is 0. The molecule has 2 rings (SSSR count). The van der Waals surface area contributed by atoms with Gasteiger partial charge in [0.15, 0.2) is 0 Å². The smallest absolute Gasteiger partial charge is 0.285 e. The normalized spacial score (nSPS) is 11.5. The van der Waals surface area contributed by atoms with E-state index in [1.807, 2.05) is 0 Å². The van der Waals surface area contributed by atoms with Crippen molar-refractivity contribution in [1.29, 1.82) is 0 Å². The highest BCUT2D eigenvalue weighted by Crippen LogP contribution is 2.30. The molecule has 0 bridgehead atoms. The van der Waals surface area contributed by atoms with E-state index in [0.29, 0.717) is 17.5 Å². The lowest BCUT2D eigenvalue weighted by molar-refractivity contribution is -0.137. The van der Waals surface area contributed by atoms with Crippen molar-refractivity contribution in [2.45, 2.75) is 20.0 Å². The summed E-state index contributed by atoms with van der Waals surface area (Å²) in [5, 5.41) is 0. The average molecular weight is 298 g/mol. The van der Waals surface area contributed by atoms with Crippen LogP contribution in [0.1, 0.15) is 33.1 Å². The van der Waals surface area contributed by atoms with Crippen molar-refractivity contribution in [2.24, 2.45) is 0 Å². The number of aryl methyl sites for hydroxylation is 2. The Morgan fingerprint density at radius 2 is 1.62 bits per heavy atom. The molecule has 0 aliphatic heterocycles. The fourth-order valence-corrected chi connectivity index (χ4v) is 1.82. The minimum atomic E-state index is -4.67. The molecule has 0 saturated heterocycles. The third-order valence-corrected chi connectivity index (χ3v) is 2.73. The first-order valence-electron chi connectivity index (χ1n) is 5.92. The van der Waals surface area contributed by atoms with Gasteiger partial charge in [-0.1, -0.05) is 0 Å². The molecule has 0 aliphatic rings. The minimum absolute atomic E-state index is 0.244. The van der Waals surface area contributed by atoms with Crippen molar-refractivity contribution in [3.63, 3.8) is 0 Å². The van der Waals surface area contributed by atoms with Gasteiger partial charge in [-0.2, -0.15) is 13.2 Å². The van der Waals surface area contributed by atoms with Gasteiger partial charge >= 0.3 is 6.18 Å². The first kappa shape index (κ1) is 15.1. The highest BCUT2D eigenvalue weighted by atomic mass is 19.4. The standard InChI is InChI=1S/C14H10F4N2O/c1-7-5-8(2)20-13(19-7)12(21)10-4-3-9(6-11(10)15)14(16,17)18/h3-6H,1-2H3. The summed E-state index contributed by atoms with van der Waals surface area (Å²) in [7, 11) is 0. The Morgan fingerprint density at radius 1 is 1.05 bits per heavy atom. The molecule has 0 amide bonds. The maximum absolute atomic E-state index is 13.7. The summed E-state index contributed by atoms with van der Waals surface area (Å²) in [6.45, 7) is 3.27. The van der Waals surface area contributed by atoms with Crippen LogP contribution < -0.4 is 0 Å². The molecule has 3 nitrogen and oxygen atoms in total. The Bertz CT molecular complexity index is 690. The van der Waals surface area contributed by atoms with Gasteiger partial charge < -0.3 is 0 Å². The Labute approximate surface area is 117 Å². The molecular weight excluding hydrogens is 288 g/mol. The van der Waals surface area contributed by atoms with Crippen molar-refractivity contribution in [3.05, 3.63) is 58.4 Å². The molecular formula is C14H10F4N2O. The molecule has 2 aromatic rings. The lowest BCUT2D eigenvalue weighted by atomic mass is 10.1. The number of carbonyl (C=O) groups is 1. The van der Waals surface area contributed by atoms with Crippen LogP contribution in [0.4, 0.5) is 17.6 Å². The maximum Gasteiger partial charge on any atom is 0.416 e. The number of carbonyl (C=O) groups excluding carboxylic acids is 1. The molecule has 21 heavy (non-hydrogen) atoms. The predicted octanol–water partition coefficient (Wildman–Crippen LogP) is 3.48. The molecule has 110 valence electrons. The van der Waals surface area contributed by atoms with Gasteiger partial charge in [0.2, 0.25) is 11.6 Å². The molecule has 0 saturated carbocycles. The van der Waals surface area contributed by atoms with E-state index in [4.69, 9.17) is 0 Å². The van der Waals surface area contributed by atoms with Crippen molar-refractivity contribution < 1.29 is 22.4 Å². The summed E-state index contributed by atoms with van der Waals surface area (Å²) in [6.07, 6.45) is -4.67. The lowest BCUT2D eigenvalue weighted by Gasteiger charge is -2.08. The summed E-state index contributed by atoms with van der Waals surface area (Å²) in [5.74, 6) is -2.35. The zero-order chi connectivity index (χ0) is 15.8. The van der Waals surface area contributed by atoms with Crippen LogP contribution in [-0.2, 0) is 6.18 Å². The second kappa shape index (κ2) is 5.23. The van der Waals surface area contributed by atoms with Gasteiger partial charge in [0.1, 0.15) is 5.82 Å². The number of hydrogen-bond acceptors (Lipinski definition) is 3. The fourth-order valence-electron chi connectivity index (χ4n) is 1.82. The van der Waals surface area contributed by atoms with Crippen molar-refractivity contribution in [3.8, 4) is 0 Å². The second-order valence-electron chi connectivity index (χ2n) is 4.50. The van der Waals surface area contributed by atoms with Crippen LogP contribution in [0, 0.1) is 19.7 Å². The highest BCUT2D eigenvalue weighted by molar-refractivity contribution is 6.06. The molecule has 0 N–H and O–H groups in total. The number of halogens is 4. The fraction of sp³-hybridized carbons (Fsp3) is 0.214. The van der Waals surface area contributed by atoms with E-state index in [-0.39, 0.29) is 11.9 Å². The summed E-state index contributed by atoms with van der Waals surface area (Å²) in [4.78, 5) is 19.8. The third-order valence-electron chi connectivity index (χ3n) is 2.73. The van der Waals surface area contributed by atoms with Crippen LogP contribution in [0.15, 0.2) is 24.3 Å². The Morgan fingerprint density at radius 3 is 2.10 bits per heavy atom. The van der Waals surface area contributed by atoms with Crippen LogP contribution in [0.25, 0.3) is 0 Å². The van der Waals surface area contributed by atoms with Crippen molar-refractivity contribution >= 4 is 5.78 Å². The summed E-state index contributed by atoms with van der Waals surface area (Å²) in [6, 6.07) is 3.36. The number of rotatable bonds is 2. The number of alkyl halides is 3. The first-order valence-corrected chi connectivity index (χ1v) is 5.92. The molecule has 1 aromatic carbocycles. The number of hydrogen-bond donors (Lipinski definition) is 0. The van der Waals surface area contributed by atoms with Crippen LogP contribution in [0.5, 0.6) is 0 Å². The van der Waals surface area contributed by atoms with E-state index in [1.165, 1.54) is 0 Å². The quantitative estimate of drug-likeness (QED) is 0.629. The molecule has 0 fully saturated rings. The molecule has 7 heteroatoms. The highest BCUT2D eigenvalue weighted by Gasteiger charge is 2.32. The monoisotopic (exact) mass is 298 g/mol. The number of nitrogens with zero attached hydrogens (tertiary/aromatic N) is 2. The van der Waals surface area contributed by atoms with E-state index in [1.54, 1.807) is 19.9 Å². The summed E-state index contributed by atoms with van der Waals surface area (Å²) < 4.78 is 51.1. The Balaban J connectivity index is 2.44. The second-order valence-corrected chi connectivity index (χ2v) is 4.50. The van der Waals surface area contributed by atoms with E-state index < -0.39 is 28.9 Å². The number of ketones is 1. The molecule has 0 atom stereocenters. The van der Waals surface area contributed by atoms with E-state index in [0.717, 1.165) is 6.07 Å². The van der Waals surface area contributed by atoms with E-state index >= 15 is 0 Å². The van der Waals surface area contributed by atoms with Crippen LogP contribution in [-0.4, -0.2) is 15.8 Å². The van der Waals surface area contributed by atoms with Gasteiger partial charge in [0.25, 0.3) is 0 Å². The molecule has 0 spiro atoms. The average Bonchev–Trinajstić information content (AvgIpc) is 2.35. The van der Waals surface area contributed by atoms with E-state index in [9.17, 15) is 22.4 Å². The van der Waals surface area contributed by atoms with Crippen molar-refractivity contribution in [1.82, 2.24) is 9.97 Å². The van der Waals surface area contributed by atoms with Gasteiger partial charge in [-0.05, 0) is 38.1 Å². The van der Waals surface area contributed by atoms with Crippen LogP contribution in [0.3, 0.4) is 0 Å². The maximum atomic E-state index is 13.7. The molecule has 0 unspecified atom stereocenters. The van der Waals surface area contributed by atoms with Gasteiger partial charge in [-0.15, -0.1) is 0 Å². The van der Waals surface area contributed by atoms with Crippen LogP contribution >= 0.6 is 0 Å². The first-order chi connectivity index (χ1) is 9.68. The number of benzene rings is 1. The SMILES string of the molecule is Cc1cc(C)nc(C(=O)c2ccc(C(F)(F)F)cc2F)n1. The van der Waals surface area contributed by atoms with Gasteiger partial charge in [-0.25, -0.2) is 14.4 Å². The van der Waals surface area contributed by atoms with Gasteiger partial charge in [0, 0.05) is 11.4 Å². The minimum Gasteiger partial charge on any atom is -0.285 e. The third kappa shape index (κ3) is 3.24. The molecule has 1 aromatic heterocycles. The largest absolute Gasteiger partial charge is 0.416 e. The lowest BCUT2D eigenvalue weighted by Crippen LogP contribution is -2.12. The predicted molar refractivity (Wildman–Crippen MR) is 66.3 cm³/mol. The van der Waals surface area contributed by atoms with Gasteiger partial charge in [0.05, 0.1) is 11.1 Å². The summed E-state index contributed by atoms with van der Waals surface area (Å²) in [5.41, 5.74) is -0.623. The van der Waals surface area contributed by atoms with Crippen LogP contribution in [0.2, 0.25) is 0 Å². The Hall–Kier alpha value is -2.31. The number of aromatic nitrogens is 2. The van der Waals surface area contributed by atoms with Gasteiger partial charge in [-0.3, -0.25) is 4.79 Å². The van der Waals surface area contributed by atoms with Crippen molar-refractivity contribution in [2.75, 3.05) is 0 Å². The zero-order valence-electron chi connectivity index (χ0n) is 11.1.